The van der Waals surface area contributed by atoms with E-state index in [1.54, 1.807) is 0 Å². The Labute approximate surface area is 63.1 Å². The first-order valence-electron chi connectivity index (χ1n) is 3.51. The molecule has 0 amide bonds. The Hall–Kier alpha value is -0.900. The Morgan fingerprint density at radius 3 is 2.20 bits per heavy atom. The zero-order valence-corrected chi connectivity index (χ0v) is 6.68. The van der Waals surface area contributed by atoms with Crippen LogP contribution in [0.4, 0.5) is 0 Å². The summed E-state index contributed by atoms with van der Waals surface area (Å²) in [7, 11) is 0. The van der Waals surface area contributed by atoms with Crippen LogP contribution in [0.15, 0.2) is 12.8 Å². The molecule has 0 aromatic carbocycles. The molecule has 0 radical (unpaired) electrons. The van der Waals surface area contributed by atoms with E-state index in [0.717, 1.165) is 12.8 Å². The fourth-order valence-corrected chi connectivity index (χ4v) is 0.814. The predicted octanol–water partition coefficient (Wildman–Crippen LogP) is 2.34. The van der Waals surface area contributed by atoms with Crippen LogP contribution in [0.2, 0.25) is 0 Å². The lowest BCUT2D eigenvalue weighted by atomic mass is 9.99. The molecule has 0 N–H and O–H groups in total. The van der Waals surface area contributed by atoms with Crippen LogP contribution in [0.3, 0.4) is 0 Å². The summed E-state index contributed by atoms with van der Waals surface area (Å²) >= 11 is 0. The number of hydrogen-bond donors (Lipinski definition) is 0. The first-order valence-corrected chi connectivity index (χ1v) is 3.51. The maximum atomic E-state index is 5.29. The Morgan fingerprint density at radius 2 is 2.10 bits per heavy atom. The van der Waals surface area contributed by atoms with Gasteiger partial charge < -0.3 is 4.74 Å². The van der Waals surface area contributed by atoms with Crippen molar-refractivity contribution in [2.24, 2.45) is 0 Å². The van der Waals surface area contributed by atoms with E-state index in [2.05, 4.69) is 12.5 Å². The van der Waals surface area contributed by atoms with Crippen molar-refractivity contribution in [3.63, 3.8) is 0 Å². The summed E-state index contributed by atoms with van der Waals surface area (Å²) in [6.07, 6.45) is 8.35. The van der Waals surface area contributed by atoms with Gasteiger partial charge in [0.25, 0.3) is 0 Å². The van der Waals surface area contributed by atoms with Gasteiger partial charge in [0.15, 0.2) is 5.60 Å². The van der Waals surface area contributed by atoms with Gasteiger partial charge in [0.1, 0.15) is 0 Å². The highest BCUT2D eigenvalue weighted by molar-refractivity contribution is 5.08. The van der Waals surface area contributed by atoms with Crippen molar-refractivity contribution in [3.8, 4) is 12.3 Å². The molecule has 0 aliphatic carbocycles. The van der Waals surface area contributed by atoms with E-state index < -0.39 is 5.60 Å². The van der Waals surface area contributed by atoms with E-state index in [1.165, 1.54) is 6.26 Å². The van der Waals surface area contributed by atoms with E-state index in [4.69, 9.17) is 11.2 Å². The summed E-state index contributed by atoms with van der Waals surface area (Å²) in [6, 6.07) is 0. The van der Waals surface area contributed by atoms with E-state index in [9.17, 15) is 0 Å². The van der Waals surface area contributed by atoms with Crippen LogP contribution in [0.5, 0.6) is 0 Å². The smallest absolute Gasteiger partial charge is 0.167 e. The maximum Gasteiger partial charge on any atom is 0.167 e. The molecule has 0 aliphatic heterocycles. The molecular weight excluding hydrogens is 124 g/mol. The molecule has 1 nitrogen and oxygen atoms in total. The molecule has 0 aliphatic rings. The van der Waals surface area contributed by atoms with Crippen LogP contribution >= 0.6 is 0 Å². The molecule has 0 unspecified atom stereocenters. The Bertz CT molecular complexity index is 137. The van der Waals surface area contributed by atoms with Crippen LogP contribution in [-0.2, 0) is 4.74 Å². The molecule has 0 rings (SSSR count). The zero-order chi connectivity index (χ0) is 8.04. The SMILES string of the molecule is C#CC(CC)(CC)OC=C. The molecule has 0 fully saturated rings. The quantitative estimate of drug-likeness (QED) is 0.428. The third-order valence-corrected chi connectivity index (χ3v) is 1.71. The molecular formula is C9H14O. The summed E-state index contributed by atoms with van der Waals surface area (Å²) < 4.78 is 5.20. The Kier molecular flexibility index (Phi) is 3.64. The Balaban J connectivity index is 4.18. The second-order valence-electron chi connectivity index (χ2n) is 2.13. The third kappa shape index (κ3) is 1.80. The minimum Gasteiger partial charge on any atom is -0.483 e. The topological polar surface area (TPSA) is 9.23 Å². The average molecular weight is 138 g/mol. The van der Waals surface area contributed by atoms with E-state index in [0.29, 0.717) is 0 Å². The molecule has 0 bridgehead atoms. The van der Waals surface area contributed by atoms with Gasteiger partial charge in [-0.15, -0.1) is 6.42 Å². The van der Waals surface area contributed by atoms with Crippen molar-refractivity contribution >= 4 is 0 Å². The van der Waals surface area contributed by atoms with Crippen molar-refractivity contribution in [3.05, 3.63) is 12.8 Å². The summed E-state index contributed by atoms with van der Waals surface area (Å²) in [4.78, 5) is 0. The standard InChI is InChI=1S/C9H14O/c1-5-9(6-2,7-3)10-8-4/h1,8H,4,6-7H2,2-3H3. The number of ether oxygens (including phenoxy) is 1. The lowest BCUT2D eigenvalue weighted by molar-refractivity contribution is 0.0707. The normalized spacial score (nSPS) is 10.1. The summed E-state index contributed by atoms with van der Waals surface area (Å²) in [6.45, 7) is 7.49. The van der Waals surface area contributed by atoms with Crippen molar-refractivity contribution < 1.29 is 4.74 Å². The van der Waals surface area contributed by atoms with Crippen LogP contribution < -0.4 is 0 Å². The zero-order valence-electron chi connectivity index (χ0n) is 6.68. The van der Waals surface area contributed by atoms with E-state index >= 15 is 0 Å². The fraction of sp³-hybridized carbons (Fsp3) is 0.556. The minimum absolute atomic E-state index is 0.415. The Morgan fingerprint density at radius 1 is 1.60 bits per heavy atom. The summed E-state index contributed by atoms with van der Waals surface area (Å²) in [5.41, 5.74) is -0.415. The minimum atomic E-state index is -0.415. The molecule has 56 valence electrons. The van der Waals surface area contributed by atoms with Crippen molar-refractivity contribution in [1.29, 1.82) is 0 Å². The molecule has 0 aromatic heterocycles. The first kappa shape index (κ1) is 9.10. The largest absolute Gasteiger partial charge is 0.483 e. The molecule has 10 heavy (non-hydrogen) atoms. The lowest BCUT2D eigenvalue weighted by Gasteiger charge is -2.24. The van der Waals surface area contributed by atoms with Gasteiger partial charge >= 0.3 is 0 Å². The molecule has 0 heterocycles. The van der Waals surface area contributed by atoms with Crippen LogP contribution in [0, 0.1) is 12.3 Å². The first-order chi connectivity index (χ1) is 4.74. The van der Waals surface area contributed by atoms with Gasteiger partial charge in [-0.2, -0.15) is 0 Å². The molecule has 0 saturated carbocycles. The molecule has 0 spiro atoms. The number of terminal acetylenes is 1. The van der Waals surface area contributed by atoms with Gasteiger partial charge in [0, 0.05) is 0 Å². The summed E-state index contributed by atoms with van der Waals surface area (Å²) in [5, 5.41) is 0. The molecule has 1 heteroatoms. The van der Waals surface area contributed by atoms with Gasteiger partial charge in [0.05, 0.1) is 6.26 Å². The third-order valence-electron chi connectivity index (χ3n) is 1.71. The van der Waals surface area contributed by atoms with Crippen molar-refractivity contribution in [1.82, 2.24) is 0 Å². The molecule has 0 saturated heterocycles. The van der Waals surface area contributed by atoms with Gasteiger partial charge in [-0.05, 0) is 12.8 Å². The average Bonchev–Trinajstić information content (AvgIpc) is 2.01. The van der Waals surface area contributed by atoms with Crippen LogP contribution in [-0.4, -0.2) is 5.60 Å². The highest BCUT2D eigenvalue weighted by Crippen LogP contribution is 2.18. The molecule has 0 atom stereocenters. The fourth-order valence-electron chi connectivity index (χ4n) is 0.814. The predicted molar refractivity (Wildman–Crippen MR) is 43.4 cm³/mol. The van der Waals surface area contributed by atoms with Gasteiger partial charge in [-0.3, -0.25) is 0 Å². The number of hydrogen-bond acceptors (Lipinski definition) is 1. The van der Waals surface area contributed by atoms with Crippen molar-refractivity contribution in [2.45, 2.75) is 32.3 Å². The number of rotatable bonds is 4. The summed E-state index contributed by atoms with van der Waals surface area (Å²) in [5.74, 6) is 2.62. The monoisotopic (exact) mass is 138 g/mol. The van der Waals surface area contributed by atoms with Gasteiger partial charge in [-0.25, -0.2) is 0 Å². The van der Waals surface area contributed by atoms with Gasteiger partial charge in [0.2, 0.25) is 0 Å². The van der Waals surface area contributed by atoms with E-state index in [1.807, 2.05) is 13.8 Å². The van der Waals surface area contributed by atoms with E-state index in [-0.39, 0.29) is 0 Å². The maximum absolute atomic E-state index is 5.29. The molecule has 0 aromatic rings. The van der Waals surface area contributed by atoms with Gasteiger partial charge in [-0.1, -0.05) is 26.3 Å². The highest BCUT2D eigenvalue weighted by atomic mass is 16.5. The van der Waals surface area contributed by atoms with Crippen molar-refractivity contribution in [2.75, 3.05) is 0 Å². The lowest BCUT2D eigenvalue weighted by Crippen LogP contribution is -2.26. The highest BCUT2D eigenvalue weighted by Gasteiger charge is 2.22. The van der Waals surface area contributed by atoms with Crippen LogP contribution in [0.1, 0.15) is 26.7 Å². The van der Waals surface area contributed by atoms with Crippen LogP contribution in [0.25, 0.3) is 0 Å². The second-order valence-corrected chi connectivity index (χ2v) is 2.13. The second kappa shape index (κ2) is 4.00.